The maximum Gasteiger partial charge on any atom is 0.416 e. The summed E-state index contributed by atoms with van der Waals surface area (Å²) in [4.78, 5) is 27.5. The lowest BCUT2D eigenvalue weighted by molar-refractivity contribution is -0.140. The zero-order valence-electron chi connectivity index (χ0n) is 16.0. The van der Waals surface area contributed by atoms with Crippen LogP contribution in [-0.2, 0) is 27.1 Å². The standard InChI is InChI=1S/C19H21ClF3N3O4/c20-14-5-12(19(21,22)23)2-1-11(14)9-29-13-6-26(7-13)18(28)25-4-3-16-15(8-25)24-17(27)10-30-16/h1-2,5,13,15-16H,3-4,6-10H2,(H,24,27)/t15-,16+/m1/s1/i18-1. The van der Waals surface area contributed by atoms with Gasteiger partial charge in [-0.1, -0.05) is 17.7 Å². The lowest BCUT2D eigenvalue weighted by Crippen LogP contribution is -2.65. The van der Waals surface area contributed by atoms with Crippen molar-refractivity contribution in [2.75, 3.05) is 32.8 Å². The third-order valence-corrected chi connectivity index (χ3v) is 5.92. The maximum absolute atomic E-state index is 12.7. The van der Waals surface area contributed by atoms with Gasteiger partial charge in [-0.2, -0.15) is 13.2 Å². The van der Waals surface area contributed by atoms with Gasteiger partial charge in [-0.3, -0.25) is 4.79 Å². The minimum Gasteiger partial charge on any atom is -0.370 e. The summed E-state index contributed by atoms with van der Waals surface area (Å²) in [5.41, 5.74) is -0.343. The monoisotopic (exact) mass is 446 g/mol. The normalized spacial score (nSPS) is 24.9. The van der Waals surface area contributed by atoms with Crippen LogP contribution in [0.4, 0.5) is 18.0 Å². The number of likely N-dealkylation sites (tertiary alicyclic amines) is 2. The number of alkyl halides is 3. The Morgan fingerprint density at radius 1 is 1.27 bits per heavy atom. The van der Waals surface area contributed by atoms with Crippen LogP contribution in [0.5, 0.6) is 0 Å². The lowest BCUT2D eigenvalue weighted by Gasteiger charge is -2.46. The van der Waals surface area contributed by atoms with Crippen LogP contribution in [0, 0.1) is 0 Å². The van der Waals surface area contributed by atoms with Crippen LogP contribution >= 0.6 is 11.6 Å². The molecule has 3 aliphatic heterocycles. The zero-order chi connectivity index (χ0) is 21.5. The Bertz CT molecular complexity index is 832. The van der Waals surface area contributed by atoms with Crippen molar-refractivity contribution < 1.29 is 32.2 Å². The van der Waals surface area contributed by atoms with E-state index in [1.807, 2.05) is 0 Å². The third-order valence-electron chi connectivity index (χ3n) is 5.57. The summed E-state index contributed by atoms with van der Waals surface area (Å²) in [5, 5.41) is 2.86. The first-order valence-electron chi connectivity index (χ1n) is 9.63. The highest BCUT2D eigenvalue weighted by atomic mass is 35.5. The second kappa shape index (κ2) is 8.24. The molecule has 3 fully saturated rings. The molecular formula is C19H21ClF3N3O4. The van der Waals surface area contributed by atoms with E-state index in [1.54, 1.807) is 9.80 Å². The molecule has 11 heteroatoms. The largest absolute Gasteiger partial charge is 0.416 e. The smallest absolute Gasteiger partial charge is 0.370 e. The molecule has 3 saturated heterocycles. The molecule has 7 nitrogen and oxygen atoms in total. The fraction of sp³-hybridized carbons (Fsp3) is 0.579. The summed E-state index contributed by atoms with van der Waals surface area (Å²) < 4.78 is 49.3. The minimum absolute atomic E-state index is 0.00306. The highest BCUT2D eigenvalue weighted by Gasteiger charge is 2.40. The number of morpholine rings is 1. The van der Waals surface area contributed by atoms with Crippen LogP contribution < -0.4 is 5.32 Å². The Kier molecular flexibility index (Phi) is 5.82. The van der Waals surface area contributed by atoms with Gasteiger partial charge in [0.15, 0.2) is 0 Å². The molecule has 0 radical (unpaired) electrons. The maximum atomic E-state index is 12.7. The summed E-state index contributed by atoms with van der Waals surface area (Å²) in [5.74, 6) is -0.176. The van der Waals surface area contributed by atoms with Gasteiger partial charge >= 0.3 is 12.2 Å². The number of rotatable bonds is 3. The van der Waals surface area contributed by atoms with Crippen LogP contribution in [0.25, 0.3) is 0 Å². The van der Waals surface area contributed by atoms with E-state index >= 15 is 0 Å². The average molecular weight is 447 g/mol. The molecule has 2 atom stereocenters. The number of nitrogens with zero attached hydrogens (tertiary/aromatic N) is 2. The van der Waals surface area contributed by atoms with Gasteiger partial charge in [0, 0.05) is 18.1 Å². The molecule has 0 aromatic heterocycles. The summed E-state index contributed by atoms with van der Waals surface area (Å²) >= 11 is 5.94. The number of hydrogen-bond acceptors (Lipinski definition) is 4. The number of nitrogens with one attached hydrogen (secondary N) is 1. The molecule has 1 N–H and O–H groups in total. The highest BCUT2D eigenvalue weighted by Crippen LogP contribution is 2.32. The lowest BCUT2D eigenvalue weighted by atomic mass is 9.93. The van der Waals surface area contributed by atoms with Crippen molar-refractivity contribution in [3.8, 4) is 0 Å². The summed E-state index contributed by atoms with van der Waals surface area (Å²) in [6, 6.07) is 2.84. The van der Waals surface area contributed by atoms with Crippen molar-refractivity contribution in [3.05, 3.63) is 34.3 Å². The molecule has 0 aliphatic carbocycles. The van der Waals surface area contributed by atoms with E-state index in [9.17, 15) is 22.8 Å². The van der Waals surface area contributed by atoms with Gasteiger partial charge in [0.1, 0.15) is 6.61 Å². The molecule has 4 rings (SSSR count). The molecule has 0 saturated carbocycles. The first-order valence-corrected chi connectivity index (χ1v) is 10.0. The van der Waals surface area contributed by atoms with E-state index in [0.717, 1.165) is 12.1 Å². The average Bonchev–Trinajstić information content (AvgIpc) is 2.66. The molecule has 3 amide bonds. The SMILES string of the molecule is O=C1CO[C@H]2CCN([11C](=O)N3CC(OCc4ccc(C(F)(F)F)cc4Cl)C3)C[C@H]2N1. The number of fused-ring (bicyclic) bond motifs is 1. The molecule has 0 unspecified atom stereocenters. The van der Waals surface area contributed by atoms with Crippen molar-refractivity contribution >= 4 is 23.5 Å². The van der Waals surface area contributed by atoms with Gasteiger partial charge in [-0.25, -0.2) is 4.79 Å². The number of urea groups is 1. The van der Waals surface area contributed by atoms with Crippen LogP contribution in [-0.4, -0.2) is 72.8 Å². The molecule has 0 bridgehead atoms. The van der Waals surface area contributed by atoms with Crippen LogP contribution in [0.15, 0.2) is 18.2 Å². The first-order chi connectivity index (χ1) is 14.2. The van der Waals surface area contributed by atoms with E-state index in [-0.39, 0.29) is 48.4 Å². The second-order valence-electron chi connectivity index (χ2n) is 7.68. The zero-order valence-corrected chi connectivity index (χ0v) is 16.7. The van der Waals surface area contributed by atoms with E-state index in [4.69, 9.17) is 21.1 Å². The molecule has 30 heavy (non-hydrogen) atoms. The Morgan fingerprint density at radius 3 is 2.73 bits per heavy atom. The Morgan fingerprint density at radius 2 is 2.03 bits per heavy atom. The van der Waals surface area contributed by atoms with Crippen molar-refractivity contribution in [2.45, 2.75) is 37.5 Å². The first kappa shape index (κ1) is 21.2. The topological polar surface area (TPSA) is 71.1 Å². The van der Waals surface area contributed by atoms with Crippen LogP contribution in [0.3, 0.4) is 0 Å². The van der Waals surface area contributed by atoms with E-state index in [0.29, 0.717) is 38.2 Å². The van der Waals surface area contributed by atoms with Crippen molar-refractivity contribution in [3.63, 3.8) is 0 Å². The number of halogens is 4. The van der Waals surface area contributed by atoms with Crippen molar-refractivity contribution in [2.24, 2.45) is 0 Å². The van der Waals surface area contributed by atoms with E-state index < -0.39 is 11.7 Å². The number of carbonyl (C=O) groups is 2. The number of benzene rings is 1. The number of piperidine rings is 1. The van der Waals surface area contributed by atoms with Gasteiger partial charge < -0.3 is 24.6 Å². The van der Waals surface area contributed by atoms with Gasteiger partial charge in [-0.15, -0.1) is 0 Å². The number of amides is 3. The fourth-order valence-electron chi connectivity index (χ4n) is 3.82. The number of carbonyl (C=O) groups excluding carboxylic acids is 2. The summed E-state index contributed by atoms with van der Waals surface area (Å²) in [6.07, 6.45) is -4.05. The predicted molar refractivity (Wildman–Crippen MR) is 99.9 cm³/mol. The quantitative estimate of drug-likeness (QED) is 0.773. The molecule has 1 aromatic rings. The van der Waals surface area contributed by atoms with Crippen molar-refractivity contribution in [1.29, 1.82) is 0 Å². The Labute approximate surface area is 176 Å². The molecule has 164 valence electrons. The number of ether oxygens (including phenoxy) is 2. The van der Waals surface area contributed by atoms with Crippen LogP contribution in [0.2, 0.25) is 5.02 Å². The number of hydrogen-bond donors (Lipinski definition) is 1. The Balaban J connectivity index is 1.23. The van der Waals surface area contributed by atoms with Gasteiger partial charge in [0.2, 0.25) is 5.91 Å². The molecule has 1 aromatic carbocycles. The fourth-order valence-corrected chi connectivity index (χ4v) is 4.06. The molecule has 3 aliphatic rings. The van der Waals surface area contributed by atoms with Crippen LogP contribution in [0.1, 0.15) is 17.5 Å². The van der Waals surface area contributed by atoms with Gasteiger partial charge in [0.05, 0.1) is 43.5 Å². The van der Waals surface area contributed by atoms with E-state index in [2.05, 4.69) is 5.32 Å². The van der Waals surface area contributed by atoms with Gasteiger partial charge in [-0.05, 0) is 24.1 Å². The summed E-state index contributed by atoms with van der Waals surface area (Å²) in [7, 11) is 0. The highest BCUT2D eigenvalue weighted by molar-refractivity contribution is 6.31. The molecular weight excluding hydrogens is 426 g/mol. The summed E-state index contributed by atoms with van der Waals surface area (Å²) in [6.45, 7) is 1.87. The molecule has 0 spiro atoms. The second-order valence-corrected chi connectivity index (χ2v) is 8.09. The predicted octanol–water partition coefficient (Wildman–Crippen LogP) is 2.27. The van der Waals surface area contributed by atoms with Gasteiger partial charge in [0.25, 0.3) is 0 Å². The molecule has 3 heterocycles. The third kappa shape index (κ3) is 4.50. The van der Waals surface area contributed by atoms with E-state index in [1.165, 1.54) is 6.07 Å². The Hall–Kier alpha value is -2.04. The van der Waals surface area contributed by atoms with Crippen molar-refractivity contribution in [1.82, 2.24) is 15.1 Å². The minimum atomic E-state index is -4.45.